The molecule has 0 fully saturated rings. The molecule has 2 aromatic carbocycles. The van der Waals surface area contributed by atoms with Crippen LogP contribution in [0.3, 0.4) is 0 Å². The molecular weight excluding hydrogens is 356 g/mol. The zero-order valence-electron chi connectivity index (χ0n) is 13.7. The lowest BCUT2D eigenvalue weighted by Gasteiger charge is -2.14. The molecular formula is C17H16F4N2O3. The second-order valence-corrected chi connectivity index (χ2v) is 5.17. The summed E-state index contributed by atoms with van der Waals surface area (Å²) in [7, 11) is 1.51. The van der Waals surface area contributed by atoms with Gasteiger partial charge in [0.1, 0.15) is 17.3 Å². The number of halogens is 4. The smallest absolute Gasteiger partial charge is 0.422 e. The molecule has 0 aliphatic carbocycles. The van der Waals surface area contributed by atoms with Gasteiger partial charge in [-0.15, -0.1) is 0 Å². The van der Waals surface area contributed by atoms with E-state index in [0.29, 0.717) is 11.4 Å². The number of ether oxygens (including phenoxy) is 2. The molecule has 0 atom stereocenters. The minimum Gasteiger partial charge on any atom is -0.497 e. The van der Waals surface area contributed by atoms with Crippen molar-refractivity contribution < 1.29 is 31.8 Å². The Labute approximate surface area is 146 Å². The molecule has 0 bridgehead atoms. The summed E-state index contributed by atoms with van der Waals surface area (Å²) in [6, 6.07) is 9.52. The number of methoxy groups -OCH3 is 1. The summed E-state index contributed by atoms with van der Waals surface area (Å²) >= 11 is 0. The zero-order chi connectivity index (χ0) is 19.2. The SMILES string of the molecule is COc1ccc(NC(=O)CNc2cc(F)ccc2OCC(F)(F)F)cc1. The van der Waals surface area contributed by atoms with Gasteiger partial charge in [0.15, 0.2) is 6.61 Å². The Morgan fingerprint density at radius 1 is 1.12 bits per heavy atom. The molecule has 140 valence electrons. The molecule has 26 heavy (non-hydrogen) atoms. The Morgan fingerprint density at radius 3 is 2.42 bits per heavy atom. The first-order valence-electron chi connectivity index (χ1n) is 7.44. The number of rotatable bonds is 7. The number of anilines is 2. The van der Waals surface area contributed by atoms with Crippen molar-refractivity contribution in [3.63, 3.8) is 0 Å². The van der Waals surface area contributed by atoms with Crippen molar-refractivity contribution in [3.05, 3.63) is 48.3 Å². The van der Waals surface area contributed by atoms with Crippen LogP contribution in [0.25, 0.3) is 0 Å². The molecule has 0 saturated heterocycles. The average Bonchev–Trinajstić information content (AvgIpc) is 2.59. The Balaban J connectivity index is 1.96. The predicted octanol–water partition coefficient (Wildman–Crippen LogP) is 3.83. The number of hydrogen-bond acceptors (Lipinski definition) is 4. The molecule has 2 rings (SSSR count). The second kappa shape index (κ2) is 8.41. The predicted molar refractivity (Wildman–Crippen MR) is 88.1 cm³/mol. The van der Waals surface area contributed by atoms with Gasteiger partial charge in [-0.1, -0.05) is 0 Å². The van der Waals surface area contributed by atoms with Gasteiger partial charge in [0, 0.05) is 11.8 Å². The van der Waals surface area contributed by atoms with Crippen molar-refractivity contribution in [2.45, 2.75) is 6.18 Å². The maximum atomic E-state index is 13.3. The lowest BCUT2D eigenvalue weighted by atomic mass is 10.2. The van der Waals surface area contributed by atoms with Gasteiger partial charge >= 0.3 is 6.18 Å². The fraction of sp³-hybridized carbons (Fsp3) is 0.235. The lowest BCUT2D eigenvalue weighted by molar-refractivity contribution is -0.153. The number of alkyl halides is 3. The molecule has 2 aromatic rings. The van der Waals surface area contributed by atoms with Gasteiger partial charge in [0.05, 0.1) is 19.3 Å². The fourth-order valence-electron chi connectivity index (χ4n) is 1.98. The highest BCUT2D eigenvalue weighted by molar-refractivity contribution is 5.94. The van der Waals surface area contributed by atoms with E-state index in [9.17, 15) is 22.4 Å². The van der Waals surface area contributed by atoms with Crippen LogP contribution in [0.5, 0.6) is 11.5 Å². The number of amides is 1. The zero-order valence-corrected chi connectivity index (χ0v) is 13.7. The monoisotopic (exact) mass is 372 g/mol. The van der Waals surface area contributed by atoms with Crippen LogP contribution in [0.15, 0.2) is 42.5 Å². The summed E-state index contributed by atoms with van der Waals surface area (Å²) in [6.07, 6.45) is -4.53. The highest BCUT2D eigenvalue weighted by Gasteiger charge is 2.28. The van der Waals surface area contributed by atoms with E-state index >= 15 is 0 Å². The first-order valence-corrected chi connectivity index (χ1v) is 7.44. The molecule has 0 spiro atoms. The normalized spacial score (nSPS) is 11.0. The van der Waals surface area contributed by atoms with E-state index in [1.165, 1.54) is 7.11 Å². The van der Waals surface area contributed by atoms with Crippen LogP contribution in [0.1, 0.15) is 0 Å². The van der Waals surface area contributed by atoms with Crippen molar-refractivity contribution in [2.75, 3.05) is 30.9 Å². The van der Waals surface area contributed by atoms with E-state index in [1.807, 2.05) is 0 Å². The van der Waals surface area contributed by atoms with Crippen LogP contribution in [0.4, 0.5) is 28.9 Å². The van der Waals surface area contributed by atoms with Crippen LogP contribution >= 0.6 is 0 Å². The van der Waals surface area contributed by atoms with Crippen LogP contribution in [-0.4, -0.2) is 32.3 Å². The van der Waals surface area contributed by atoms with Gasteiger partial charge < -0.3 is 20.1 Å². The molecule has 0 aliphatic heterocycles. The highest BCUT2D eigenvalue weighted by atomic mass is 19.4. The maximum Gasteiger partial charge on any atom is 0.422 e. The average molecular weight is 372 g/mol. The van der Waals surface area contributed by atoms with Crippen LogP contribution in [-0.2, 0) is 4.79 Å². The van der Waals surface area contributed by atoms with Crippen molar-refractivity contribution >= 4 is 17.3 Å². The van der Waals surface area contributed by atoms with Gasteiger partial charge in [0.25, 0.3) is 0 Å². The third kappa shape index (κ3) is 6.15. The van der Waals surface area contributed by atoms with E-state index in [4.69, 9.17) is 4.74 Å². The molecule has 0 aliphatic rings. The Bertz CT molecular complexity index is 749. The molecule has 5 nitrogen and oxygen atoms in total. The number of nitrogens with one attached hydrogen (secondary N) is 2. The third-order valence-electron chi connectivity index (χ3n) is 3.15. The minimum atomic E-state index is -4.53. The molecule has 9 heteroatoms. The molecule has 0 unspecified atom stereocenters. The summed E-state index contributed by atoms with van der Waals surface area (Å²) in [5, 5.41) is 5.15. The number of carbonyl (C=O) groups excluding carboxylic acids is 1. The minimum absolute atomic E-state index is 0.0564. The summed E-state index contributed by atoms with van der Waals surface area (Å²) in [6.45, 7) is -1.82. The van der Waals surface area contributed by atoms with Gasteiger partial charge in [-0.05, 0) is 36.4 Å². The van der Waals surface area contributed by atoms with Crippen LogP contribution < -0.4 is 20.1 Å². The molecule has 0 aromatic heterocycles. The maximum absolute atomic E-state index is 13.3. The molecule has 0 radical (unpaired) electrons. The Morgan fingerprint density at radius 2 is 1.81 bits per heavy atom. The van der Waals surface area contributed by atoms with Crippen LogP contribution in [0, 0.1) is 5.82 Å². The summed E-state index contributed by atoms with van der Waals surface area (Å²) < 4.78 is 59.8. The van der Waals surface area contributed by atoms with E-state index in [1.54, 1.807) is 24.3 Å². The van der Waals surface area contributed by atoms with E-state index < -0.39 is 24.5 Å². The molecule has 1 amide bonds. The Kier molecular flexibility index (Phi) is 6.26. The fourth-order valence-corrected chi connectivity index (χ4v) is 1.98. The number of hydrogen-bond donors (Lipinski definition) is 2. The van der Waals surface area contributed by atoms with Crippen molar-refractivity contribution in [1.29, 1.82) is 0 Å². The molecule has 0 heterocycles. The van der Waals surface area contributed by atoms with E-state index in [0.717, 1.165) is 18.2 Å². The quantitative estimate of drug-likeness (QED) is 0.726. The first kappa shape index (κ1) is 19.4. The van der Waals surface area contributed by atoms with Crippen LogP contribution in [0.2, 0.25) is 0 Å². The summed E-state index contributed by atoms with van der Waals surface area (Å²) in [5.74, 6) is -0.739. The van der Waals surface area contributed by atoms with Crippen molar-refractivity contribution in [2.24, 2.45) is 0 Å². The summed E-state index contributed by atoms with van der Waals surface area (Å²) in [5.41, 5.74) is 0.449. The summed E-state index contributed by atoms with van der Waals surface area (Å²) in [4.78, 5) is 11.9. The standard InChI is InChI=1S/C17H16F4N2O3/c1-25-13-5-3-12(4-6-13)23-16(24)9-22-14-8-11(18)2-7-15(14)26-10-17(19,20)21/h2-8,22H,9-10H2,1H3,(H,23,24). The second-order valence-electron chi connectivity index (χ2n) is 5.17. The third-order valence-corrected chi connectivity index (χ3v) is 3.15. The van der Waals surface area contributed by atoms with Crippen molar-refractivity contribution in [1.82, 2.24) is 0 Å². The first-order chi connectivity index (χ1) is 12.3. The van der Waals surface area contributed by atoms with Gasteiger partial charge in [-0.25, -0.2) is 4.39 Å². The van der Waals surface area contributed by atoms with E-state index in [2.05, 4.69) is 15.4 Å². The highest BCUT2D eigenvalue weighted by Crippen LogP contribution is 2.27. The molecule has 0 saturated carbocycles. The van der Waals surface area contributed by atoms with Gasteiger partial charge in [0.2, 0.25) is 5.91 Å². The van der Waals surface area contributed by atoms with E-state index in [-0.39, 0.29) is 18.0 Å². The van der Waals surface area contributed by atoms with Crippen molar-refractivity contribution in [3.8, 4) is 11.5 Å². The lowest BCUT2D eigenvalue weighted by Crippen LogP contribution is -2.23. The number of benzene rings is 2. The number of carbonyl (C=O) groups is 1. The topological polar surface area (TPSA) is 59.6 Å². The van der Waals surface area contributed by atoms with Gasteiger partial charge in [-0.3, -0.25) is 4.79 Å². The largest absolute Gasteiger partial charge is 0.497 e. The van der Waals surface area contributed by atoms with Gasteiger partial charge in [-0.2, -0.15) is 13.2 Å². The Hall–Kier alpha value is -2.97. The molecule has 2 N–H and O–H groups in total.